The number of rotatable bonds is 4. The summed E-state index contributed by atoms with van der Waals surface area (Å²) >= 11 is 17.1. The first-order valence-electron chi connectivity index (χ1n) is 6.43. The van der Waals surface area contributed by atoms with Crippen molar-refractivity contribution in [3.8, 4) is 0 Å². The molecule has 1 heterocycles. The molecule has 0 aliphatic carbocycles. The number of halogens is 2. The number of hydrogen-bond donors (Lipinski definition) is 2. The molecule has 2 rings (SSSR count). The SMILES string of the molecule is C=CCOC(=O)[C@H]1C(=C)NC(=S)N[C@@H]1c1ccc(Cl)c(Cl)c1. The maximum atomic E-state index is 12.3. The van der Waals surface area contributed by atoms with Crippen LogP contribution in [-0.2, 0) is 9.53 Å². The summed E-state index contributed by atoms with van der Waals surface area (Å²) in [4.78, 5) is 12.3. The van der Waals surface area contributed by atoms with Crippen LogP contribution in [0.5, 0.6) is 0 Å². The number of esters is 1. The van der Waals surface area contributed by atoms with Crippen molar-refractivity contribution in [3.05, 3.63) is 58.7 Å². The van der Waals surface area contributed by atoms with Crippen LogP contribution in [0, 0.1) is 5.92 Å². The van der Waals surface area contributed by atoms with Gasteiger partial charge in [-0.2, -0.15) is 0 Å². The summed E-state index contributed by atoms with van der Waals surface area (Å²) < 4.78 is 5.14. The second-order valence-electron chi connectivity index (χ2n) is 4.67. The molecule has 0 amide bonds. The van der Waals surface area contributed by atoms with E-state index in [-0.39, 0.29) is 6.61 Å². The van der Waals surface area contributed by atoms with Gasteiger partial charge in [0.05, 0.1) is 16.1 Å². The Bertz CT molecular complexity index is 648. The molecule has 0 saturated carbocycles. The zero-order valence-corrected chi connectivity index (χ0v) is 13.9. The summed E-state index contributed by atoms with van der Waals surface area (Å²) in [7, 11) is 0. The van der Waals surface area contributed by atoms with Crippen molar-refractivity contribution >= 4 is 46.5 Å². The molecular formula is C15H14Cl2N2O2S. The minimum absolute atomic E-state index is 0.126. The van der Waals surface area contributed by atoms with Crippen LogP contribution in [-0.4, -0.2) is 17.7 Å². The fourth-order valence-electron chi connectivity index (χ4n) is 2.18. The van der Waals surface area contributed by atoms with Gasteiger partial charge in [0.2, 0.25) is 0 Å². The van der Waals surface area contributed by atoms with Crippen LogP contribution in [0.1, 0.15) is 11.6 Å². The van der Waals surface area contributed by atoms with E-state index in [4.69, 9.17) is 40.2 Å². The molecule has 1 aliphatic heterocycles. The fourth-order valence-corrected chi connectivity index (χ4v) is 2.74. The number of nitrogens with one attached hydrogen (secondary N) is 2. The Balaban J connectivity index is 2.35. The quantitative estimate of drug-likeness (QED) is 0.492. The van der Waals surface area contributed by atoms with Gasteiger partial charge in [0, 0.05) is 5.70 Å². The van der Waals surface area contributed by atoms with Crippen LogP contribution in [0.2, 0.25) is 10.0 Å². The van der Waals surface area contributed by atoms with E-state index in [0.29, 0.717) is 20.9 Å². The number of carbonyl (C=O) groups is 1. The highest BCUT2D eigenvalue weighted by atomic mass is 35.5. The molecule has 22 heavy (non-hydrogen) atoms. The van der Waals surface area contributed by atoms with Crippen LogP contribution in [0.4, 0.5) is 0 Å². The summed E-state index contributed by atoms with van der Waals surface area (Å²) in [6.07, 6.45) is 1.50. The predicted octanol–water partition coefficient (Wildman–Crippen LogP) is 3.37. The zero-order chi connectivity index (χ0) is 16.3. The van der Waals surface area contributed by atoms with Crippen molar-refractivity contribution in [1.29, 1.82) is 0 Å². The van der Waals surface area contributed by atoms with Gasteiger partial charge in [-0.05, 0) is 29.9 Å². The summed E-state index contributed by atoms with van der Waals surface area (Å²) in [6, 6.07) is 4.70. The molecule has 116 valence electrons. The van der Waals surface area contributed by atoms with E-state index in [9.17, 15) is 4.79 Å². The summed E-state index contributed by atoms with van der Waals surface area (Å²) in [6.45, 7) is 7.52. The van der Waals surface area contributed by atoms with Crippen LogP contribution < -0.4 is 10.6 Å². The van der Waals surface area contributed by atoms with E-state index in [1.54, 1.807) is 18.2 Å². The molecule has 1 aromatic rings. The largest absolute Gasteiger partial charge is 0.461 e. The zero-order valence-electron chi connectivity index (χ0n) is 11.6. The standard InChI is InChI=1S/C15H14Cl2N2O2S/c1-3-6-21-14(20)12-8(2)18-15(22)19-13(12)9-4-5-10(16)11(17)7-9/h3-5,7,12-13H,1-2,6H2,(H2,18,19,22)/t12-,13+/m0/s1. The molecule has 2 atom stereocenters. The third-order valence-corrected chi connectivity index (χ3v) is 4.13. The Labute approximate surface area is 144 Å². The highest BCUT2D eigenvalue weighted by Gasteiger charge is 2.37. The third kappa shape index (κ3) is 3.61. The molecule has 1 fully saturated rings. The lowest BCUT2D eigenvalue weighted by atomic mass is 9.89. The molecule has 0 aromatic heterocycles. The highest BCUT2D eigenvalue weighted by molar-refractivity contribution is 7.80. The molecule has 2 N–H and O–H groups in total. The van der Waals surface area contributed by atoms with Crippen molar-refractivity contribution in [2.45, 2.75) is 6.04 Å². The van der Waals surface area contributed by atoms with Gasteiger partial charge >= 0.3 is 5.97 Å². The van der Waals surface area contributed by atoms with Crippen molar-refractivity contribution < 1.29 is 9.53 Å². The number of hydrogen-bond acceptors (Lipinski definition) is 3. The molecule has 0 spiro atoms. The van der Waals surface area contributed by atoms with Gasteiger partial charge in [-0.15, -0.1) is 0 Å². The monoisotopic (exact) mass is 356 g/mol. The predicted molar refractivity (Wildman–Crippen MR) is 91.9 cm³/mol. The van der Waals surface area contributed by atoms with Gasteiger partial charge in [0.25, 0.3) is 0 Å². The minimum Gasteiger partial charge on any atom is -0.461 e. The second-order valence-corrected chi connectivity index (χ2v) is 5.89. The molecule has 0 unspecified atom stereocenters. The van der Waals surface area contributed by atoms with Gasteiger partial charge in [0.1, 0.15) is 12.5 Å². The molecule has 0 bridgehead atoms. The number of thiocarbonyl (C=S) groups is 1. The first-order valence-corrected chi connectivity index (χ1v) is 7.59. The number of benzene rings is 1. The summed E-state index contributed by atoms with van der Waals surface area (Å²) in [5.41, 5.74) is 1.23. The van der Waals surface area contributed by atoms with Crippen molar-refractivity contribution in [1.82, 2.24) is 10.6 Å². The molecule has 4 nitrogen and oxygen atoms in total. The van der Waals surface area contributed by atoms with E-state index in [1.165, 1.54) is 6.08 Å². The Morgan fingerprint density at radius 2 is 2.14 bits per heavy atom. The van der Waals surface area contributed by atoms with Gasteiger partial charge < -0.3 is 15.4 Å². The van der Waals surface area contributed by atoms with E-state index >= 15 is 0 Å². The summed E-state index contributed by atoms with van der Waals surface area (Å²) in [5.74, 6) is -1.08. The fraction of sp³-hybridized carbons (Fsp3) is 0.200. The van der Waals surface area contributed by atoms with Crippen LogP contribution in [0.25, 0.3) is 0 Å². The van der Waals surface area contributed by atoms with Crippen molar-refractivity contribution in [3.63, 3.8) is 0 Å². The Kier molecular flexibility index (Phi) is 5.45. The maximum absolute atomic E-state index is 12.3. The Morgan fingerprint density at radius 1 is 1.41 bits per heavy atom. The topological polar surface area (TPSA) is 50.4 Å². The average molecular weight is 357 g/mol. The molecule has 1 saturated heterocycles. The van der Waals surface area contributed by atoms with Crippen LogP contribution >= 0.6 is 35.4 Å². The minimum atomic E-state index is -0.649. The normalized spacial score (nSPS) is 20.8. The lowest BCUT2D eigenvalue weighted by Crippen LogP contribution is -2.51. The maximum Gasteiger partial charge on any atom is 0.317 e. The highest BCUT2D eigenvalue weighted by Crippen LogP contribution is 2.33. The molecule has 1 aromatic carbocycles. The molecular weight excluding hydrogens is 343 g/mol. The second kappa shape index (κ2) is 7.13. The summed E-state index contributed by atoms with van der Waals surface area (Å²) in [5, 5.41) is 7.12. The van der Waals surface area contributed by atoms with Gasteiger partial charge in [-0.25, -0.2) is 0 Å². The van der Waals surface area contributed by atoms with Crippen molar-refractivity contribution in [2.24, 2.45) is 5.92 Å². The first-order chi connectivity index (χ1) is 10.4. The van der Waals surface area contributed by atoms with Gasteiger partial charge in [-0.3, -0.25) is 4.79 Å². The van der Waals surface area contributed by atoms with E-state index in [2.05, 4.69) is 23.8 Å². The van der Waals surface area contributed by atoms with Gasteiger partial charge in [0.15, 0.2) is 5.11 Å². The lowest BCUT2D eigenvalue weighted by Gasteiger charge is -2.34. The molecule has 1 aliphatic rings. The van der Waals surface area contributed by atoms with Crippen LogP contribution in [0.15, 0.2) is 43.1 Å². The van der Waals surface area contributed by atoms with Crippen molar-refractivity contribution in [2.75, 3.05) is 6.61 Å². The van der Waals surface area contributed by atoms with E-state index in [1.807, 2.05) is 0 Å². The number of carbonyl (C=O) groups excluding carboxylic acids is 1. The van der Waals surface area contributed by atoms with Crippen LogP contribution in [0.3, 0.4) is 0 Å². The smallest absolute Gasteiger partial charge is 0.317 e. The molecule has 0 radical (unpaired) electrons. The van der Waals surface area contributed by atoms with E-state index in [0.717, 1.165) is 5.56 Å². The third-order valence-electron chi connectivity index (χ3n) is 3.17. The van der Waals surface area contributed by atoms with E-state index < -0.39 is 17.9 Å². The molecule has 7 heteroatoms. The Morgan fingerprint density at radius 3 is 2.77 bits per heavy atom. The van der Waals surface area contributed by atoms with Gasteiger partial charge in [-0.1, -0.05) is 48.5 Å². The first kappa shape index (κ1) is 16.8. The lowest BCUT2D eigenvalue weighted by molar-refractivity contribution is -0.147. The number of ether oxygens (including phenoxy) is 1. The average Bonchev–Trinajstić information content (AvgIpc) is 2.46. The Hall–Kier alpha value is -1.56.